The Hall–Kier alpha value is -1.41. The predicted molar refractivity (Wildman–Crippen MR) is 66.1 cm³/mol. The molecule has 2 amide bonds. The van der Waals surface area contributed by atoms with E-state index >= 15 is 0 Å². The summed E-state index contributed by atoms with van der Waals surface area (Å²) in [5.41, 5.74) is 5.30. The zero-order chi connectivity index (χ0) is 14.0. The first-order chi connectivity index (χ1) is 8.52. The third kappa shape index (κ3) is 7.02. The first kappa shape index (κ1) is 16.6. The van der Waals surface area contributed by atoms with E-state index in [2.05, 4.69) is 10.6 Å². The number of carboxylic acid groups (broad SMARTS) is 1. The van der Waals surface area contributed by atoms with Gasteiger partial charge in [-0.3, -0.25) is 4.79 Å². The van der Waals surface area contributed by atoms with Crippen molar-refractivity contribution in [1.82, 2.24) is 10.3 Å². The van der Waals surface area contributed by atoms with Crippen molar-refractivity contribution in [3.63, 3.8) is 0 Å². The van der Waals surface area contributed by atoms with E-state index in [0.717, 1.165) is 5.01 Å². The van der Waals surface area contributed by atoms with E-state index in [0.29, 0.717) is 12.8 Å². The summed E-state index contributed by atoms with van der Waals surface area (Å²) >= 11 is 5.37. The number of nitrogens with two attached hydrogens (primary N) is 1. The van der Waals surface area contributed by atoms with Crippen molar-refractivity contribution in [3.05, 3.63) is 4.91 Å². The normalized spacial score (nSPS) is 11.7. The van der Waals surface area contributed by atoms with Crippen LogP contribution < -0.4 is 11.1 Å². The first-order valence-corrected chi connectivity index (χ1v) is 5.99. The summed E-state index contributed by atoms with van der Waals surface area (Å²) in [5.74, 6) is -0.827. The highest BCUT2D eigenvalue weighted by atomic mass is 35.5. The highest BCUT2D eigenvalue weighted by Gasteiger charge is 2.14. The van der Waals surface area contributed by atoms with Gasteiger partial charge in [0.25, 0.3) is 0 Å². The van der Waals surface area contributed by atoms with E-state index in [-0.39, 0.29) is 25.4 Å². The van der Waals surface area contributed by atoms with E-state index in [4.69, 9.17) is 22.4 Å². The van der Waals surface area contributed by atoms with Crippen LogP contribution in [0.3, 0.4) is 0 Å². The number of carboxylic acids is 1. The molecule has 18 heavy (non-hydrogen) atoms. The van der Waals surface area contributed by atoms with Crippen molar-refractivity contribution in [2.45, 2.75) is 25.3 Å². The van der Waals surface area contributed by atoms with E-state index < -0.39 is 18.0 Å². The molecule has 0 aromatic carbocycles. The van der Waals surface area contributed by atoms with E-state index in [1.165, 1.54) is 0 Å². The molecule has 9 heteroatoms. The molecule has 0 heterocycles. The SMILES string of the molecule is NC(CCCCN(N=O)C(=O)NCCCl)C(=O)O. The number of nitrogens with zero attached hydrogens (tertiary/aromatic N) is 2. The van der Waals surface area contributed by atoms with Crippen LogP contribution in [0.1, 0.15) is 19.3 Å². The van der Waals surface area contributed by atoms with Crippen molar-refractivity contribution in [1.29, 1.82) is 0 Å². The zero-order valence-corrected chi connectivity index (χ0v) is 10.6. The summed E-state index contributed by atoms with van der Waals surface area (Å²) in [7, 11) is 0. The van der Waals surface area contributed by atoms with Gasteiger partial charge in [0.05, 0.1) is 5.29 Å². The van der Waals surface area contributed by atoms with Crippen LogP contribution in [0.2, 0.25) is 0 Å². The molecule has 0 saturated heterocycles. The van der Waals surface area contributed by atoms with Gasteiger partial charge < -0.3 is 16.2 Å². The van der Waals surface area contributed by atoms with E-state index in [9.17, 15) is 14.5 Å². The Balaban J connectivity index is 3.83. The summed E-state index contributed by atoms with van der Waals surface area (Å²) < 4.78 is 0. The van der Waals surface area contributed by atoms with E-state index in [1.54, 1.807) is 0 Å². The Bertz CT molecular complexity index is 290. The number of amides is 2. The molecular formula is C9H17ClN4O4. The fourth-order valence-corrected chi connectivity index (χ4v) is 1.27. The van der Waals surface area contributed by atoms with Gasteiger partial charge in [-0.25, -0.2) is 4.79 Å². The molecule has 0 fully saturated rings. The van der Waals surface area contributed by atoms with Crippen molar-refractivity contribution >= 4 is 23.6 Å². The molecule has 0 aromatic heterocycles. The van der Waals surface area contributed by atoms with Crippen molar-refractivity contribution in [2.75, 3.05) is 19.0 Å². The van der Waals surface area contributed by atoms with Crippen LogP contribution >= 0.6 is 11.6 Å². The summed E-state index contributed by atoms with van der Waals surface area (Å²) in [5, 5.41) is 14.2. The van der Waals surface area contributed by atoms with Crippen molar-refractivity contribution < 1.29 is 14.7 Å². The van der Waals surface area contributed by atoms with Crippen LogP contribution in [0.25, 0.3) is 0 Å². The second kappa shape index (κ2) is 9.60. The number of halogens is 1. The standard InChI is InChI=1S/C9H17ClN4O4/c10-4-5-12-9(17)14(13-18)6-2-1-3-7(11)8(15)16/h7H,1-6,11H2,(H,12,17)(H,15,16). The molecule has 1 atom stereocenters. The van der Waals surface area contributed by atoms with Gasteiger partial charge in [0, 0.05) is 19.0 Å². The zero-order valence-electron chi connectivity index (χ0n) is 9.84. The monoisotopic (exact) mass is 280 g/mol. The van der Waals surface area contributed by atoms with Gasteiger partial charge in [0.1, 0.15) is 6.04 Å². The molecule has 0 bridgehead atoms. The predicted octanol–water partition coefficient (Wildman–Crippen LogP) is 0.500. The highest BCUT2D eigenvalue weighted by Crippen LogP contribution is 2.02. The highest BCUT2D eigenvalue weighted by molar-refractivity contribution is 6.18. The average Bonchev–Trinajstić information content (AvgIpc) is 2.35. The number of hydrogen-bond donors (Lipinski definition) is 3. The van der Waals surface area contributed by atoms with Gasteiger partial charge in [-0.2, -0.15) is 5.01 Å². The molecule has 0 aliphatic carbocycles. The molecule has 0 aliphatic heterocycles. The number of unbranched alkanes of at least 4 members (excludes halogenated alkanes) is 1. The maximum Gasteiger partial charge on any atom is 0.340 e. The minimum atomic E-state index is -1.07. The number of carbonyl (C=O) groups is 2. The minimum Gasteiger partial charge on any atom is -0.480 e. The number of alkyl halides is 1. The van der Waals surface area contributed by atoms with Crippen molar-refractivity contribution in [3.8, 4) is 0 Å². The number of carbonyl (C=O) groups excluding carboxylic acids is 1. The van der Waals surface area contributed by atoms with Gasteiger partial charge in [0.15, 0.2) is 0 Å². The Kier molecular flexibility index (Phi) is 8.85. The Morgan fingerprint density at radius 1 is 1.44 bits per heavy atom. The Morgan fingerprint density at radius 2 is 2.11 bits per heavy atom. The third-order valence-electron chi connectivity index (χ3n) is 2.16. The lowest BCUT2D eigenvalue weighted by Crippen LogP contribution is -2.38. The molecule has 1 unspecified atom stereocenters. The molecule has 0 rings (SSSR count). The second-order valence-electron chi connectivity index (χ2n) is 3.57. The van der Waals surface area contributed by atoms with Gasteiger partial charge >= 0.3 is 12.0 Å². The van der Waals surface area contributed by atoms with Gasteiger partial charge in [-0.05, 0) is 19.3 Å². The lowest BCUT2D eigenvalue weighted by Gasteiger charge is -2.14. The van der Waals surface area contributed by atoms with Crippen LogP contribution in [0.5, 0.6) is 0 Å². The van der Waals surface area contributed by atoms with Gasteiger partial charge in [-0.1, -0.05) is 0 Å². The number of hydrogen-bond acceptors (Lipinski definition) is 5. The first-order valence-electron chi connectivity index (χ1n) is 5.46. The smallest absolute Gasteiger partial charge is 0.340 e. The topological polar surface area (TPSA) is 125 Å². The number of nitroso groups, excluding NO2 is 1. The van der Waals surface area contributed by atoms with Crippen LogP contribution in [0.4, 0.5) is 4.79 Å². The quantitative estimate of drug-likeness (QED) is 0.245. The lowest BCUT2D eigenvalue weighted by molar-refractivity contribution is -0.138. The molecule has 4 N–H and O–H groups in total. The molecule has 0 spiro atoms. The fourth-order valence-electron chi connectivity index (χ4n) is 1.17. The number of rotatable bonds is 9. The molecular weight excluding hydrogens is 264 g/mol. The Morgan fingerprint density at radius 3 is 2.61 bits per heavy atom. The maximum atomic E-state index is 11.3. The lowest BCUT2D eigenvalue weighted by atomic mass is 10.1. The van der Waals surface area contributed by atoms with Gasteiger partial charge in [-0.15, -0.1) is 16.5 Å². The molecule has 0 aromatic rings. The average molecular weight is 281 g/mol. The minimum absolute atomic E-state index is 0.115. The van der Waals surface area contributed by atoms with Crippen LogP contribution in [-0.2, 0) is 4.79 Å². The molecule has 0 saturated carbocycles. The summed E-state index contributed by atoms with van der Waals surface area (Å²) in [6.45, 7) is 0.361. The van der Waals surface area contributed by atoms with E-state index in [1.807, 2.05) is 0 Å². The summed E-state index contributed by atoms with van der Waals surface area (Å²) in [6, 6.07) is -1.54. The van der Waals surface area contributed by atoms with Crippen LogP contribution in [0, 0.1) is 4.91 Å². The molecule has 104 valence electrons. The Labute approximate surface area is 109 Å². The molecule has 0 aliphatic rings. The second-order valence-corrected chi connectivity index (χ2v) is 3.94. The molecule has 0 radical (unpaired) electrons. The number of urea groups is 1. The summed E-state index contributed by atoms with van der Waals surface area (Å²) in [6.07, 6.45) is 1.22. The fraction of sp³-hybridized carbons (Fsp3) is 0.778. The van der Waals surface area contributed by atoms with Gasteiger partial charge in [0.2, 0.25) is 0 Å². The number of nitrogens with one attached hydrogen (secondary N) is 1. The van der Waals surface area contributed by atoms with Crippen LogP contribution in [-0.4, -0.2) is 47.1 Å². The maximum absolute atomic E-state index is 11.3. The largest absolute Gasteiger partial charge is 0.480 e. The summed E-state index contributed by atoms with van der Waals surface area (Å²) in [4.78, 5) is 32.2. The number of aliphatic carboxylic acids is 1. The molecule has 8 nitrogen and oxygen atoms in total. The van der Waals surface area contributed by atoms with Crippen molar-refractivity contribution in [2.24, 2.45) is 11.0 Å². The van der Waals surface area contributed by atoms with Crippen LogP contribution in [0.15, 0.2) is 5.29 Å². The third-order valence-corrected chi connectivity index (χ3v) is 2.34.